The van der Waals surface area contributed by atoms with Crippen LogP contribution in [0, 0.1) is 16.6 Å². The Morgan fingerprint density at radius 1 is 1.32 bits per heavy atom. The van der Waals surface area contributed by atoms with Crippen LogP contribution in [0.15, 0.2) is 18.2 Å². The van der Waals surface area contributed by atoms with Crippen LogP contribution < -0.4 is 0 Å². The summed E-state index contributed by atoms with van der Waals surface area (Å²) in [4.78, 5) is 27.3. The molecule has 150 valence electrons. The van der Waals surface area contributed by atoms with Gasteiger partial charge in [-0.15, -0.1) is 11.3 Å². The highest BCUT2D eigenvalue weighted by Crippen LogP contribution is 2.52. The first-order valence-corrected chi connectivity index (χ1v) is 10.6. The number of benzene rings is 1. The molecule has 2 fully saturated rings. The van der Waals surface area contributed by atoms with Gasteiger partial charge in [0, 0.05) is 22.7 Å². The molecule has 1 saturated heterocycles. The number of carbonyl (C=O) groups is 2. The van der Waals surface area contributed by atoms with Crippen molar-refractivity contribution in [3.63, 3.8) is 0 Å². The lowest BCUT2D eigenvalue weighted by molar-refractivity contribution is -0.135. The Morgan fingerprint density at radius 3 is 2.82 bits per heavy atom. The molecule has 1 aromatic heterocycles. The topological polar surface area (TPSA) is 46.6 Å². The highest BCUT2D eigenvalue weighted by atomic mass is 35.5. The number of esters is 1. The van der Waals surface area contributed by atoms with Crippen molar-refractivity contribution >= 4 is 44.9 Å². The number of ether oxygens (including phenoxy) is 1. The normalized spacial score (nSPS) is 25.9. The molecule has 0 N–H and O–H groups in total. The first-order chi connectivity index (χ1) is 13.1. The molecule has 2 aliphatic rings. The zero-order valence-electron chi connectivity index (χ0n) is 16.2. The van der Waals surface area contributed by atoms with E-state index in [1.807, 2.05) is 4.90 Å². The molecule has 2 bridgehead atoms. The van der Waals surface area contributed by atoms with Gasteiger partial charge in [-0.1, -0.05) is 32.4 Å². The molecule has 28 heavy (non-hydrogen) atoms. The minimum atomic E-state index is -0.645. The van der Waals surface area contributed by atoms with E-state index in [2.05, 4.69) is 20.8 Å². The van der Waals surface area contributed by atoms with Gasteiger partial charge in [-0.3, -0.25) is 4.79 Å². The molecule has 7 heteroatoms. The molecule has 1 aliphatic heterocycles. The van der Waals surface area contributed by atoms with Crippen LogP contribution in [0.2, 0.25) is 5.02 Å². The quantitative estimate of drug-likeness (QED) is 0.631. The summed E-state index contributed by atoms with van der Waals surface area (Å²) in [6.45, 7) is 7.14. The van der Waals surface area contributed by atoms with E-state index in [1.165, 1.54) is 12.1 Å². The predicted octanol–water partition coefficient (Wildman–Crippen LogP) is 5.28. The van der Waals surface area contributed by atoms with Crippen molar-refractivity contribution in [1.82, 2.24) is 4.90 Å². The summed E-state index contributed by atoms with van der Waals surface area (Å²) in [5.41, 5.74) is 0.341. The Labute approximate surface area is 172 Å². The summed E-state index contributed by atoms with van der Waals surface area (Å²) < 4.78 is 19.2. The number of likely N-dealkylation sites (tertiary alicyclic amines) is 1. The Bertz CT molecular complexity index is 972. The lowest BCUT2D eigenvalue weighted by atomic mass is 9.65. The van der Waals surface area contributed by atoms with Gasteiger partial charge in [-0.2, -0.15) is 0 Å². The molecule has 0 spiro atoms. The van der Waals surface area contributed by atoms with E-state index in [4.69, 9.17) is 16.3 Å². The third-order valence-corrected chi connectivity index (χ3v) is 7.48. The number of thiophene rings is 1. The zero-order valence-corrected chi connectivity index (χ0v) is 17.8. The van der Waals surface area contributed by atoms with Gasteiger partial charge in [0.05, 0.1) is 5.02 Å². The molecule has 2 atom stereocenters. The second-order valence-electron chi connectivity index (χ2n) is 9.20. The molecular formula is C21H23ClFNO3S. The average Bonchev–Trinajstić information content (AvgIpc) is 3.04. The van der Waals surface area contributed by atoms with E-state index < -0.39 is 11.8 Å². The van der Waals surface area contributed by atoms with E-state index >= 15 is 0 Å². The highest BCUT2D eigenvalue weighted by molar-refractivity contribution is 7.21. The smallest absolute Gasteiger partial charge is 0.350 e. The lowest BCUT2D eigenvalue weighted by Gasteiger charge is -2.39. The standard InChI is InChI=1S/C21H23ClFNO3S/c1-20(2)7-13-8-21(3,10-20)11-24(13)16(25)9-27-19(26)18-17(22)14-5-4-12(23)6-15(14)28-18/h4-6,13H,7-11H2,1-3H3/t13-,21+/m0/s1. The van der Waals surface area contributed by atoms with Gasteiger partial charge >= 0.3 is 5.97 Å². The van der Waals surface area contributed by atoms with Crippen molar-refractivity contribution in [2.75, 3.05) is 13.2 Å². The summed E-state index contributed by atoms with van der Waals surface area (Å²) in [7, 11) is 0. The van der Waals surface area contributed by atoms with Crippen LogP contribution >= 0.6 is 22.9 Å². The SMILES string of the molecule is CC1(C)C[C@H]2C[C@@](C)(CN2C(=O)COC(=O)c2sc3cc(F)ccc3c2Cl)C1. The second kappa shape index (κ2) is 6.70. The number of hydrogen-bond acceptors (Lipinski definition) is 4. The van der Waals surface area contributed by atoms with Crippen LogP contribution in [0.1, 0.15) is 49.7 Å². The van der Waals surface area contributed by atoms with Crippen LogP contribution in [0.25, 0.3) is 10.1 Å². The Hall–Kier alpha value is -1.66. The summed E-state index contributed by atoms with van der Waals surface area (Å²) in [6.07, 6.45) is 3.06. The van der Waals surface area contributed by atoms with Crippen molar-refractivity contribution in [3.05, 3.63) is 33.9 Å². The highest BCUT2D eigenvalue weighted by Gasteiger charge is 2.50. The minimum absolute atomic E-state index is 0.130. The van der Waals surface area contributed by atoms with Crippen LogP contribution in [-0.2, 0) is 9.53 Å². The molecule has 1 amide bonds. The van der Waals surface area contributed by atoms with E-state index in [9.17, 15) is 14.0 Å². The fourth-order valence-electron chi connectivity index (χ4n) is 5.20. The number of carbonyl (C=O) groups excluding carboxylic acids is 2. The molecule has 1 aromatic carbocycles. The maximum Gasteiger partial charge on any atom is 0.350 e. The van der Waals surface area contributed by atoms with Crippen molar-refractivity contribution in [3.8, 4) is 0 Å². The maximum atomic E-state index is 13.4. The molecule has 4 nitrogen and oxygen atoms in total. The summed E-state index contributed by atoms with van der Waals surface area (Å²) in [5.74, 6) is -1.20. The van der Waals surface area contributed by atoms with E-state index in [-0.39, 0.29) is 39.3 Å². The summed E-state index contributed by atoms with van der Waals surface area (Å²) in [5, 5.41) is 0.846. The predicted molar refractivity (Wildman–Crippen MR) is 108 cm³/mol. The molecule has 4 rings (SSSR count). The van der Waals surface area contributed by atoms with E-state index in [1.54, 1.807) is 6.07 Å². The van der Waals surface area contributed by atoms with Gasteiger partial charge < -0.3 is 9.64 Å². The van der Waals surface area contributed by atoms with E-state index in [0.717, 1.165) is 30.6 Å². The van der Waals surface area contributed by atoms with Gasteiger partial charge in [-0.05, 0) is 48.3 Å². The fourth-order valence-corrected chi connectivity index (χ4v) is 6.62. The van der Waals surface area contributed by atoms with Gasteiger partial charge in [-0.25, -0.2) is 9.18 Å². The van der Waals surface area contributed by atoms with Crippen LogP contribution in [-0.4, -0.2) is 36.0 Å². The monoisotopic (exact) mass is 423 g/mol. The van der Waals surface area contributed by atoms with Gasteiger partial charge in [0.15, 0.2) is 6.61 Å². The first-order valence-electron chi connectivity index (χ1n) is 9.41. The van der Waals surface area contributed by atoms with Gasteiger partial charge in [0.25, 0.3) is 5.91 Å². The number of amides is 1. The third-order valence-electron chi connectivity index (χ3n) is 5.84. The maximum absolute atomic E-state index is 13.4. The number of hydrogen-bond donors (Lipinski definition) is 0. The number of fused-ring (bicyclic) bond motifs is 3. The summed E-state index contributed by atoms with van der Waals surface area (Å²) in [6, 6.07) is 4.38. The largest absolute Gasteiger partial charge is 0.451 e. The molecule has 1 aliphatic carbocycles. The van der Waals surface area contributed by atoms with Gasteiger partial charge in [0.1, 0.15) is 10.7 Å². The molecule has 0 unspecified atom stereocenters. The number of nitrogens with zero attached hydrogens (tertiary/aromatic N) is 1. The van der Waals surface area contributed by atoms with Crippen LogP contribution in [0.4, 0.5) is 4.39 Å². The Balaban J connectivity index is 1.44. The fraction of sp³-hybridized carbons (Fsp3) is 0.524. The van der Waals surface area contributed by atoms with Crippen molar-refractivity contribution < 1.29 is 18.7 Å². The Morgan fingerprint density at radius 2 is 2.07 bits per heavy atom. The summed E-state index contributed by atoms with van der Waals surface area (Å²) >= 11 is 7.33. The molecule has 2 heterocycles. The van der Waals surface area contributed by atoms with Crippen LogP contribution in [0.3, 0.4) is 0 Å². The lowest BCUT2D eigenvalue weighted by Crippen LogP contribution is -2.39. The molecule has 2 aromatic rings. The minimum Gasteiger partial charge on any atom is -0.451 e. The van der Waals surface area contributed by atoms with Crippen LogP contribution in [0.5, 0.6) is 0 Å². The molecule has 0 radical (unpaired) electrons. The number of rotatable bonds is 3. The van der Waals surface area contributed by atoms with E-state index in [0.29, 0.717) is 16.6 Å². The average molecular weight is 424 g/mol. The first kappa shape index (κ1) is 19.6. The molecular weight excluding hydrogens is 401 g/mol. The van der Waals surface area contributed by atoms with Crippen molar-refractivity contribution in [1.29, 1.82) is 0 Å². The molecule has 1 saturated carbocycles. The Kier molecular flexibility index (Phi) is 4.70. The zero-order chi connectivity index (χ0) is 20.3. The second-order valence-corrected chi connectivity index (χ2v) is 10.6. The van der Waals surface area contributed by atoms with Crippen molar-refractivity contribution in [2.45, 2.75) is 46.1 Å². The number of halogens is 2. The van der Waals surface area contributed by atoms with Gasteiger partial charge in [0.2, 0.25) is 0 Å². The van der Waals surface area contributed by atoms with Crippen molar-refractivity contribution in [2.24, 2.45) is 10.8 Å². The third kappa shape index (κ3) is 3.52.